The molecule has 24 heavy (non-hydrogen) atoms. The summed E-state index contributed by atoms with van der Waals surface area (Å²) in [6.07, 6.45) is 0. The zero-order valence-electron chi connectivity index (χ0n) is 14.3. The lowest BCUT2D eigenvalue weighted by Gasteiger charge is -2.30. The Balaban J connectivity index is 2.25. The van der Waals surface area contributed by atoms with Gasteiger partial charge in [0.1, 0.15) is 11.5 Å². The average Bonchev–Trinajstić information content (AvgIpc) is 2.57. The van der Waals surface area contributed by atoms with Gasteiger partial charge in [0.05, 0.1) is 0 Å². The van der Waals surface area contributed by atoms with Crippen molar-refractivity contribution < 1.29 is 9.18 Å². The van der Waals surface area contributed by atoms with Crippen LogP contribution in [0.2, 0.25) is 0 Å². The van der Waals surface area contributed by atoms with Gasteiger partial charge in [0.15, 0.2) is 0 Å². The minimum atomic E-state index is -0.297. The van der Waals surface area contributed by atoms with Crippen LogP contribution in [0.5, 0.6) is 0 Å². The Kier molecular flexibility index (Phi) is 4.14. The number of nitrogens with one attached hydrogen (secondary N) is 2. The van der Waals surface area contributed by atoms with Crippen molar-refractivity contribution >= 4 is 11.5 Å². The highest BCUT2D eigenvalue weighted by atomic mass is 19.1. The predicted octanol–water partition coefficient (Wildman–Crippen LogP) is 3.94. The number of carbonyl (C=O) groups is 1. The Morgan fingerprint density at radius 3 is 2.38 bits per heavy atom. The number of allylic oxidation sites excluding steroid dienone is 1. The van der Waals surface area contributed by atoms with E-state index in [4.69, 9.17) is 0 Å². The van der Waals surface area contributed by atoms with E-state index in [1.54, 1.807) is 13.1 Å². The fourth-order valence-electron chi connectivity index (χ4n) is 3.26. The standard InChI is InChI=1S/C20H21FN2O/c1-11-5-7-14(8-6-11)17-10-15(21)9-16-12(2)19(20(24)22-4)23-13(3)18(16)17/h5-10,13,23H,1-4H3,(H,22,24). The third-order valence-corrected chi connectivity index (χ3v) is 4.53. The van der Waals surface area contributed by atoms with Crippen molar-refractivity contribution in [1.29, 1.82) is 0 Å². The number of halogens is 1. The molecule has 1 amide bonds. The smallest absolute Gasteiger partial charge is 0.267 e. The van der Waals surface area contributed by atoms with Gasteiger partial charge < -0.3 is 10.6 Å². The molecule has 0 saturated heterocycles. The fourth-order valence-corrected chi connectivity index (χ4v) is 3.26. The first kappa shape index (κ1) is 16.2. The van der Waals surface area contributed by atoms with E-state index in [1.807, 2.05) is 45.0 Å². The molecule has 3 nitrogen and oxygen atoms in total. The van der Waals surface area contributed by atoms with Crippen molar-refractivity contribution in [2.24, 2.45) is 0 Å². The summed E-state index contributed by atoms with van der Waals surface area (Å²) in [6.45, 7) is 5.86. The molecule has 0 radical (unpaired) electrons. The Morgan fingerprint density at radius 2 is 1.75 bits per heavy atom. The van der Waals surface area contributed by atoms with Gasteiger partial charge in [0.2, 0.25) is 0 Å². The van der Waals surface area contributed by atoms with E-state index in [0.29, 0.717) is 5.70 Å². The Morgan fingerprint density at radius 1 is 1.12 bits per heavy atom. The maximum absolute atomic E-state index is 14.3. The second kappa shape index (κ2) is 6.11. The van der Waals surface area contributed by atoms with Crippen molar-refractivity contribution in [1.82, 2.24) is 10.6 Å². The number of benzene rings is 2. The van der Waals surface area contributed by atoms with Crippen molar-refractivity contribution in [2.75, 3.05) is 7.05 Å². The van der Waals surface area contributed by atoms with Gasteiger partial charge in [-0.3, -0.25) is 4.79 Å². The minimum absolute atomic E-state index is 0.0899. The molecule has 1 heterocycles. The van der Waals surface area contributed by atoms with Crippen LogP contribution in [0.25, 0.3) is 16.7 Å². The molecule has 0 spiro atoms. The molecule has 0 aliphatic carbocycles. The number of carbonyl (C=O) groups excluding carboxylic acids is 1. The van der Waals surface area contributed by atoms with Crippen molar-refractivity contribution in [3.8, 4) is 11.1 Å². The third kappa shape index (κ3) is 2.68. The van der Waals surface area contributed by atoms with Crippen LogP contribution >= 0.6 is 0 Å². The van der Waals surface area contributed by atoms with Gasteiger partial charge in [-0.15, -0.1) is 0 Å². The molecule has 0 fully saturated rings. The van der Waals surface area contributed by atoms with E-state index >= 15 is 0 Å². The SMILES string of the molecule is CNC(=O)C1=C(C)c2cc(F)cc(-c3ccc(C)cc3)c2C(C)N1. The van der Waals surface area contributed by atoms with Gasteiger partial charge in [0, 0.05) is 13.1 Å². The largest absolute Gasteiger partial charge is 0.374 e. The van der Waals surface area contributed by atoms with Gasteiger partial charge in [-0.1, -0.05) is 29.8 Å². The molecule has 2 N–H and O–H groups in total. The van der Waals surface area contributed by atoms with E-state index in [-0.39, 0.29) is 17.8 Å². The molecular formula is C20H21FN2O. The topological polar surface area (TPSA) is 41.1 Å². The lowest BCUT2D eigenvalue weighted by Crippen LogP contribution is -2.34. The Labute approximate surface area is 141 Å². The van der Waals surface area contributed by atoms with Crippen LogP contribution in [0.4, 0.5) is 4.39 Å². The van der Waals surface area contributed by atoms with Crippen LogP contribution in [0.15, 0.2) is 42.1 Å². The number of likely N-dealkylation sites (N-methyl/N-ethyl adjacent to an activating group) is 1. The minimum Gasteiger partial charge on any atom is -0.374 e. The summed E-state index contributed by atoms with van der Waals surface area (Å²) in [7, 11) is 1.59. The molecule has 1 unspecified atom stereocenters. The summed E-state index contributed by atoms with van der Waals surface area (Å²) in [6, 6.07) is 11.0. The van der Waals surface area contributed by atoms with Crippen molar-refractivity contribution in [3.63, 3.8) is 0 Å². The highest BCUT2D eigenvalue weighted by molar-refractivity contribution is 6.02. The summed E-state index contributed by atoms with van der Waals surface area (Å²) in [5.74, 6) is -0.486. The molecule has 2 aromatic carbocycles. The monoisotopic (exact) mass is 324 g/mol. The number of aryl methyl sites for hydroxylation is 1. The van der Waals surface area contributed by atoms with Crippen LogP contribution < -0.4 is 10.6 Å². The maximum atomic E-state index is 14.3. The summed E-state index contributed by atoms with van der Waals surface area (Å²) in [4.78, 5) is 12.1. The molecule has 2 aromatic rings. The quantitative estimate of drug-likeness (QED) is 0.878. The van der Waals surface area contributed by atoms with E-state index < -0.39 is 0 Å². The van der Waals surface area contributed by atoms with Crippen LogP contribution in [0, 0.1) is 12.7 Å². The highest BCUT2D eigenvalue weighted by Gasteiger charge is 2.28. The lowest BCUT2D eigenvalue weighted by atomic mass is 9.85. The molecule has 1 aliphatic heterocycles. The molecule has 3 rings (SSSR count). The first-order valence-electron chi connectivity index (χ1n) is 8.02. The Hall–Kier alpha value is -2.62. The first-order chi connectivity index (χ1) is 11.4. The van der Waals surface area contributed by atoms with Gasteiger partial charge in [0.25, 0.3) is 5.91 Å². The zero-order chi connectivity index (χ0) is 17.4. The molecule has 4 heteroatoms. The van der Waals surface area contributed by atoms with E-state index in [0.717, 1.165) is 33.4 Å². The molecule has 0 bridgehead atoms. The zero-order valence-corrected chi connectivity index (χ0v) is 14.3. The molecule has 0 saturated carbocycles. The van der Waals surface area contributed by atoms with Crippen LogP contribution in [-0.2, 0) is 4.79 Å². The fraction of sp³-hybridized carbons (Fsp3) is 0.250. The second-order valence-electron chi connectivity index (χ2n) is 6.23. The number of fused-ring (bicyclic) bond motifs is 1. The molecule has 124 valence electrons. The average molecular weight is 324 g/mol. The van der Waals surface area contributed by atoms with E-state index in [9.17, 15) is 9.18 Å². The summed E-state index contributed by atoms with van der Waals surface area (Å²) >= 11 is 0. The second-order valence-corrected chi connectivity index (χ2v) is 6.23. The van der Waals surface area contributed by atoms with Crippen molar-refractivity contribution in [3.05, 3.63) is 64.6 Å². The van der Waals surface area contributed by atoms with Gasteiger partial charge >= 0.3 is 0 Å². The van der Waals surface area contributed by atoms with E-state index in [2.05, 4.69) is 10.6 Å². The summed E-state index contributed by atoms with van der Waals surface area (Å²) in [5.41, 5.74) is 6.06. The normalized spacial score (nSPS) is 16.5. The molecular weight excluding hydrogens is 303 g/mol. The highest BCUT2D eigenvalue weighted by Crippen LogP contribution is 2.39. The first-order valence-corrected chi connectivity index (χ1v) is 8.02. The number of rotatable bonds is 2. The van der Waals surface area contributed by atoms with Crippen LogP contribution in [0.3, 0.4) is 0 Å². The van der Waals surface area contributed by atoms with Gasteiger partial charge in [-0.05, 0) is 60.7 Å². The van der Waals surface area contributed by atoms with Crippen LogP contribution in [-0.4, -0.2) is 13.0 Å². The van der Waals surface area contributed by atoms with Crippen molar-refractivity contribution in [2.45, 2.75) is 26.8 Å². The van der Waals surface area contributed by atoms with E-state index in [1.165, 1.54) is 6.07 Å². The summed E-state index contributed by atoms with van der Waals surface area (Å²) < 4.78 is 14.3. The number of hydrogen-bond acceptors (Lipinski definition) is 2. The molecule has 1 aliphatic rings. The number of hydrogen-bond donors (Lipinski definition) is 2. The molecule has 1 atom stereocenters. The predicted molar refractivity (Wildman–Crippen MR) is 94.8 cm³/mol. The molecule has 0 aromatic heterocycles. The summed E-state index contributed by atoms with van der Waals surface area (Å²) in [5, 5.41) is 5.89. The number of amides is 1. The van der Waals surface area contributed by atoms with Crippen LogP contribution in [0.1, 0.15) is 36.6 Å². The van der Waals surface area contributed by atoms with Gasteiger partial charge in [-0.2, -0.15) is 0 Å². The maximum Gasteiger partial charge on any atom is 0.267 e. The van der Waals surface area contributed by atoms with Gasteiger partial charge in [-0.25, -0.2) is 4.39 Å². The third-order valence-electron chi connectivity index (χ3n) is 4.53. The lowest BCUT2D eigenvalue weighted by molar-refractivity contribution is -0.117. The Bertz CT molecular complexity index is 837.